The summed E-state index contributed by atoms with van der Waals surface area (Å²) in [5.74, 6) is 2.20. The van der Waals surface area contributed by atoms with Crippen LogP contribution in [0, 0.1) is 0 Å². The molecule has 0 fully saturated rings. The molecule has 5 heteroatoms. The van der Waals surface area contributed by atoms with E-state index in [1.165, 1.54) is 0 Å². The second kappa shape index (κ2) is 11.2. The fraction of sp³-hybridized carbons (Fsp3) is 0. The summed E-state index contributed by atoms with van der Waals surface area (Å²) in [6.07, 6.45) is 0. The maximum atomic E-state index is 16.1. The Labute approximate surface area is 289 Å². The summed E-state index contributed by atoms with van der Waals surface area (Å²) in [5, 5.41) is 6.34. The molecule has 0 amide bonds. The van der Waals surface area contributed by atoms with Gasteiger partial charge in [0, 0.05) is 21.9 Å². The van der Waals surface area contributed by atoms with Gasteiger partial charge in [0.05, 0.1) is 21.6 Å². The molecule has 0 saturated carbocycles. The van der Waals surface area contributed by atoms with Gasteiger partial charge in [-0.15, -0.1) is 0 Å². The van der Waals surface area contributed by atoms with Crippen molar-refractivity contribution in [1.29, 1.82) is 0 Å². The third kappa shape index (κ3) is 4.26. The van der Waals surface area contributed by atoms with Crippen LogP contribution in [0.15, 0.2) is 176 Å². The molecule has 0 aliphatic carbocycles. The van der Waals surface area contributed by atoms with Crippen LogP contribution >= 0.6 is 7.14 Å². The summed E-state index contributed by atoms with van der Waals surface area (Å²) in [7, 11) is -3.40. The molecule has 0 N–H and O–H groups in total. The first-order valence-electron chi connectivity index (χ1n) is 16.7. The van der Waals surface area contributed by atoms with Crippen molar-refractivity contribution in [3.05, 3.63) is 176 Å². The van der Waals surface area contributed by atoms with Gasteiger partial charge in [0.15, 0.2) is 7.14 Å². The highest BCUT2D eigenvalue weighted by Gasteiger charge is 2.41. The second-order valence-corrected chi connectivity index (χ2v) is 15.3. The number of nitrogens with zero attached hydrogens (tertiary/aromatic N) is 2. The Balaban J connectivity index is 1.15. The maximum absolute atomic E-state index is 16.1. The van der Waals surface area contributed by atoms with Gasteiger partial charge in [-0.05, 0) is 63.7 Å². The lowest BCUT2D eigenvalue weighted by molar-refractivity contribution is 0.491. The molecule has 0 spiro atoms. The van der Waals surface area contributed by atoms with Gasteiger partial charge in [0.25, 0.3) is 0 Å². The third-order valence-electron chi connectivity index (χ3n) is 9.86. The van der Waals surface area contributed by atoms with Gasteiger partial charge in [0.2, 0.25) is 0 Å². The van der Waals surface area contributed by atoms with Crippen LogP contribution in [-0.4, -0.2) is 9.55 Å². The maximum Gasteiger partial charge on any atom is 0.179 e. The summed E-state index contributed by atoms with van der Waals surface area (Å²) in [4.78, 5) is 5.01. The summed E-state index contributed by atoms with van der Waals surface area (Å²) < 4.78 is 25.1. The zero-order valence-electron chi connectivity index (χ0n) is 26.9. The van der Waals surface area contributed by atoms with E-state index in [1.54, 1.807) is 0 Å². The van der Waals surface area contributed by atoms with Crippen LogP contribution in [0.1, 0.15) is 0 Å². The Hall–Kier alpha value is -6.22. The molecule has 8 aromatic carbocycles. The van der Waals surface area contributed by atoms with E-state index in [0.29, 0.717) is 16.8 Å². The Morgan fingerprint density at radius 3 is 1.88 bits per heavy atom. The van der Waals surface area contributed by atoms with Crippen molar-refractivity contribution in [2.75, 3.05) is 0 Å². The summed E-state index contributed by atoms with van der Waals surface area (Å²) in [5.41, 5.74) is 6.07. The molecule has 236 valence electrons. The molecular formula is C45H29N2O2P. The Morgan fingerprint density at radius 2 is 1.12 bits per heavy atom. The molecule has 0 bridgehead atoms. The van der Waals surface area contributed by atoms with E-state index in [9.17, 15) is 0 Å². The number of hydrogen-bond acceptors (Lipinski definition) is 3. The Morgan fingerprint density at radius 1 is 0.520 bits per heavy atom. The average Bonchev–Trinajstić information content (AvgIpc) is 3.58. The van der Waals surface area contributed by atoms with E-state index in [-0.39, 0.29) is 0 Å². The van der Waals surface area contributed by atoms with Crippen LogP contribution in [0.2, 0.25) is 0 Å². The number of imidazole rings is 1. The van der Waals surface area contributed by atoms with E-state index < -0.39 is 7.14 Å². The van der Waals surface area contributed by atoms with Crippen molar-refractivity contribution in [3.63, 3.8) is 0 Å². The van der Waals surface area contributed by atoms with Gasteiger partial charge in [0.1, 0.15) is 17.3 Å². The van der Waals surface area contributed by atoms with Gasteiger partial charge in [-0.25, -0.2) is 4.98 Å². The first kappa shape index (κ1) is 28.8. The van der Waals surface area contributed by atoms with Gasteiger partial charge < -0.3 is 9.30 Å². The predicted molar refractivity (Wildman–Crippen MR) is 206 cm³/mol. The topological polar surface area (TPSA) is 44.1 Å². The summed E-state index contributed by atoms with van der Waals surface area (Å²) in [6.45, 7) is 0. The van der Waals surface area contributed by atoms with Crippen LogP contribution in [0.4, 0.5) is 0 Å². The lowest BCUT2D eigenvalue weighted by atomic mass is 10.0. The van der Waals surface area contributed by atoms with Gasteiger partial charge >= 0.3 is 0 Å². The van der Waals surface area contributed by atoms with Crippen LogP contribution in [0.25, 0.3) is 60.8 Å². The standard InChI is InChI=1S/C45H29N2O2P/c48-50(34-15-5-2-6-16-34)42-29-32(25-28-41(42)49-43-37-19-9-7-17-35(37)36-18-8-10-20-38(36)44(43)50)30-23-26-33(27-24-30)47-40-22-12-11-21-39(40)46-45(47)31-13-3-1-4-14-31/h1-29H. The lowest BCUT2D eigenvalue weighted by Crippen LogP contribution is -2.31. The molecule has 1 aromatic heterocycles. The molecule has 9 aromatic rings. The molecular weight excluding hydrogens is 631 g/mol. The van der Waals surface area contributed by atoms with E-state index >= 15 is 4.57 Å². The number of aromatic nitrogens is 2. The van der Waals surface area contributed by atoms with Crippen LogP contribution in [-0.2, 0) is 4.57 Å². The first-order chi connectivity index (χ1) is 24.7. The van der Waals surface area contributed by atoms with Crippen LogP contribution < -0.4 is 20.7 Å². The zero-order chi connectivity index (χ0) is 33.2. The van der Waals surface area contributed by atoms with Crippen molar-refractivity contribution in [3.8, 4) is 39.7 Å². The minimum Gasteiger partial charge on any atom is -0.455 e. The highest BCUT2D eigenvalue weighted by atomic mass is 31.2. The zero-order valence-corrected chi connectivity index (χ0v) is 27.8. The number of benzene rings is 8. The fourth-order valence-electron chi connectivity index (χ4n) is 7.54. The van der Waals surface area contributed by atoms with Crippen molar-refractivity contribution in [2.24, 2.45) is 0 Å². The Bertz CT molecular complexity index is 2810. The first-order valence-corrected chi connectivity index (χ1v) is 18.4. The minimum atomic E-state index is -3.40. The molecule has 1 aliphatic rings. The van der Waals surface area contributed by atoms with Gasteiger partial charge in [-0.3, -0.25) is 4.57 Å². The highest BCUT2D eigenvalue weighted by molar-refractivity contribution is 7.86. The average molecular weight is 661 g/mol. The van der Waals surface area contributed by atoms with Gasteiger partial charge in [-0.2, -0.15) is 0 Å². The van der Waals surface area contributed by atoms with E-state index in [2.05, 4.69) is 89.5 Å². The predicted octanol–water partition coefficient (Wildman–Crippen LogP) is 10.4. The minimum absolute atomic E-state index is 0.628. The van der Waals surface area contributed by atoms with E-state index in [4.69, 9.17) is 9.72 Å². The molecule has 1 atom stereocenters. The summed E-state index contributed by atoms with van der Waals surface area (Å²) >= 11 is 0. The van der Waals surface area contributed by atoms with Crippen LogP contribution in [0.3, 0.4) is 0 Å². The molecule has 1 unspecified atom stereocenters. The molecule has 4 nitrogen and oxygen atoms in total. The second-order valence-electron chi connectivity index (χ2n) is 12.7. The van der Waals surface area contributed by atoms with Crippen molar-refractivity contribution in [2.45, 2.75) is 0 Å². The highest BCUT2D eigenvalue weighted by Crippen LogP contribution is 2.55. The fourth-order valence-corrected chi connectivity index (χ4v) is 10.7. The number of ether oxygens (including phenoxy) is 1. The number of rotatable bonds is 4. The molecule has 1 aliphatic heterocycles. The monoisotopic (exact) mass is 660 g/mol. The van der Waals surface area contributed by atoms with E-state index in [0.717, 1.165) is 71.4 Å². The van der Waals surface area contributed by atoms with Crippen molar-refractivity contribution < 1.29 is 9.30 Å². The number of fused-ring (bicyclic) bond motifs is 8. The molecule has 2 heterocycles. The molecule has 10 rings (SSSR count). The van der Waals surface area contributed by atoms with Crippen molar-refractivity contribution >= 4 is 55.6 Å². The third-order valence-corrected chi connectivity index (χ3v) is 13.0. The largest absolute Gasteiger partial charge is 0.455 e. The SMILES string of the molecule is O=P1(c2ccccc2)c2cc(-c3ccc(-n4c(-c5ccccc5)nc5ccccc54)cc3)ccc2Oc2c1c1ccccc1c1ccccc21. The van der Waals surface area contributed by atoms with Crippen molar-refractivity contribution in [1.82, 2.24) is 9.55 Å². The Kier molecular flexibility index (Phi) is 6.42. The summed E-state index contributed by atoms with van der Waals surface area (Å²) in [6, 6.07) is 59.6. The normalized spacial score (nSPS) is 15.1. The molecule has 0 radical (unpaired) electrons. The smallest absolute Gasteiger partial charge is 0.179 e. The van der Waals surface area contributed by atoms with Gasteiger partial charge in [-0.1, -0.05) is 140 Å². The lowest BCUT2D eigenvalue weighted by Gasteiger charge is -2.31. The molecule has 50 heavy (non-hydrogen) atoms. The number of para-hydroxylation sites is 2. The van der Waals surface area contributed by atoms with E-state index in [1.807, 2.05) is 91.0 Å². The number of hydrogen-bond donors (Lipinski definition) is 0. The quantitative estimate of drug-likeness (QED) is 0.139. The van der Waals surface area contributed by atoms with Crippen LogP contribution in [0.5, 0.6) is 11.5 Å². The molecule has 0 saturated heterocycles.